The summed E-state index contributed by atoms with van der Waals surface area (Å²) in [6, 6.07) is 21.4. The number of anilines is 1. The molecule has 3 aromatic rings. The molecule has 0 fully saturated rings. The van der Waals surface area contributed by atoms with E-state index in [1.165, 1.54) is 4.90 Å². The molecule has 4 nitrogen and oxygen atoms in total. The smallest absolute Gasteiger partial charge is 0.264 e. The lowest BCUT2D eigenvalue weighted by atomic mass is 9.88. The van der Waals surface area contributed by atoms with E-state index in [9.17, 15) is 14.7 Å². The van der Waals surface area contributed by atoms with E-state index in [2.05, 4.69) is 0 Å². The molecular formula is C24H20ClNO3. The molecule has 3 aromatic carbocycles. The summed E-state index contributed by atoms with van der Waals surface area (Å²) >= 11 is 5.95. The number of nitrogens with zero attached hydrogens (tertiary/aromatic N) is 1. The average molecular weight is 406 g/mol. The van der Waals surface area contributed by atoms with Crippen molar-refractivity contribution in [2.24, 2.45) is 0 Å². The van der Waals surface area contributed by atoms with Crippen LogP contribution in [-0.2, 0) is 16.9 Å². The summed E-state index contributed by atoms with van der Waals surface area (Å²) in [5.74, 6) is -0.762. The minimum absolute atomic E-state index is 0.271. The Balaban J connectivity index is 1.67. The van der Waals surface area contributed by atoms with Crippen molar-refractivity contribution in [1.82, 2.24) is 0 Å². The number of rotatable bonds is 5. The van der Waals surface area contributed by atoms with Crippen molar-refractivity contribution in [2.75, 3.05) is 4.90 Å². The second-order valence-corrected chi connectivity index (χ2v) is 7.80. The normalized spacial score (nSPS) is 18.0. The van der Waals surface area contributed by atoms with Crippen LogP contribution in [-0.4, -0.2) is 16.8 Å². The molecule has 4 rings (SSSR count). The van der Waals surface area contributed by atoms with Crippen LogP contribution in [0.1, 0.15) is 33.5 Å². The Morgan fingerprint density at radius 2 is 1.76 bits per heavy atom. The van der Waals surface area contributed by atoms with Crippen molar-refractivity contribution in [2.45, 2.75) is 25.5 Å². The highest BCUT2D eigenvalue weighted by Gasteiger charge is 2.50. The zero-order chi connectivity index (χ0) is 20.6. The number of hydrogen-bond donors (Lipinski definition) is 1. The van der Waals surface area contributed by atoms with Crippen LogP contribution >= 0.6 is 11.6 Å². The molecule has 1 unspecified atom stereocenters. The van der Waals surface area contributed by atoms with Crippen LogP contribution in [0.3, 0.4) is 0 Å². The Labute approximate surface area is 174 Å². The Morgan fingerprint density at radius 3 is 2.48 bits per heavy atom. The first-order chi connectivity index (χ1) is 13.9. The molecule has 5 heteroatoms. The summed E-state index contributed by atoms with van der Waals surface area (Å²) in [7, 11) is 0. The zero-order valence-corrected chi connectivity index (χ0v) is 16.7. The highest BCUT2D eigenvalue weighted by Crippen LogP contribution is 2.43. The van der Waals surface area contributed by atoms with Gasteiger partial charge in [-0.15, -0.1) is 0 Å². The number of aliphatic hydroxyl groups is 1. The minimum atomic E-state index is -1.89. The van der Waals surface area contributed by atoms with E-state index < -0.39 is 11.5 Å². The number of ketones is 1. The third-order valence-electron chi connectivity index (χ3n) is 5.25. The number of carbonyl (C=O) groups is 2. The van der Waals surface area contributed by atoms with Gasteiger partial charge in [0.05, 0.1) is 18.7 Å². The first kappa shape index (κ1) is 19.4. The van der Waals surface area contributed by atoms with E-state index in [0.29, 0.717) is 21.8 Å². The van der Waals surface area contributed by atoms with Gasteiger partial charge in [0.2, 0.25) is 0 Å². The highest BCUT2D eigenvalue weighted by molar-refractivity contribution is 6.30. The Hall–Kier alpha value is -2.95. The second kappa shape index (κ2) is 7.47. The van der Waals surface area contributed by atoms with Crippen molar-refractivity contribution in [3.63, 3.8) is 0 Å². The van der Waals surface area contributed by atoms with Gasteiger partial charge in [0, 0.05) is 16.1 Å². The van der Waals surface area contributed by atoms with Gasteiger partial charge in [-0.25, -0.2) is 0 Å². The number of Topliss-reactive ketones (excluding diaryl/α,β-unsaturated/α-hetero) is 1. The molecule has 0 bridgehead atoms. The number of halogens is 1. The number of carbonyl (C=O) groups excluding carboxylic acids is 2. The molecule has 1 amide bonds. The van der Waals surface area contributed by atoms with E-state index in [0.717, 1.165) is 11.1 Å². The van der Waals surface area contributed by atoms with Gasteiger partial charge in [-0.2, -0.15) is 0 Å². The van der Waals surface area contributed by atoms with Crippen LogP contribution in [0, 0.1) is 6.92 Å². The van der Waals surface area contributed by atoms with Crippen molar-refractivity contribution >= 4 is 29.0 Å². The van der Waals surface area contributed by atoms with E-state index in [-0.39, 0.29) is 18.7 Å². The van der Waals surface area contributed by atoms with Crippen molar-refractivity contribution < 1.29 is 14.7 Å². The molecule has 0 aliphatic carbocycles. The summed E-state index contributed by atoms with van der Waals surface area (Å²) in [6.45, 7) is 2.18. The molecule has 29 heavy (non-hydrogen) atoms. The monoisotopic (exact) mass is 405 g/mol. The van der Waals surface area contributed by atoms with Gasteiger partial charge in [0.1, 0.15) is 0 Å². The molecular weight excluding hydrogens is 386 g/mol. The van der Waals surface area contributed by atoms with Gasteiger partial charge in [0.25, 0.3) is 5.91 Å². The number of aryl methyl sites for hydroxylation is 1. The summed E-state index contributed by atoms with van der Waals surface area (Å²) < 4.78 is 0. The third kappa shape index (κ3) is 3.57. The van der Waals surface area contributed by atoms with Crippen LogP contribution in [0.4, 0.5) is 5.69 Å². The second-order valence-electron chi connectivity index (χ2n) is 7.36. The van der Waals surface area contributed by atoms with E-state index in [1.807, 2.05) is 31.2 Å². The summed E-state index contributed by atoms with van der Waals surface area (Å²) in [5, 5.41) is 12.0. The molecule has 146 valence electrons. The number of fused-ring (bicyclic) bond motifs is 1. The summed E-state index contributed by atoms with van der Waals surface area (Å²) in [4.78, 5) is 27.7. The lowest BCUT2D eigenvalue weighted by molar-refractivity contribution is -0.136. The molecule has 0 radical (unpaired) electrons. The molecule has 1 aliphatic rings. The predicted molar refractivity (Wildman–Crippen MR) is 113 cm³/mol. The van der Waals surface area contributed by atoms with Crippen LogP contribution in [0.25, 0.3) is 0 Å². The lowest BCUT2D eigenvalue weighted by Crippen LogP contribution is -2.41. The fourth-order valence-corrected chi connectivity index (χ4v) is 3.89. The van der Waals surface area contributed by atoms with Gasteiger partial charge >= 0.3 is 0 Å². The Bertz CT molecular complexity index is 1090. The topological polar surface area (TPSA) is 57.6 Å². The van der Waals surface area contributed by atoms with Gasteiger partial charge < -0.3 is 10.0 Å². The number of amides is 1. The van der Waals surface area contributed by atoms with Gasteiger partial charge in [-0.3, -0.25) is 9.59 Å². The minimum Gasteiger partial charge on any atom is -0.375 e. The molecule has 1 N–H and O–H groups in total. The van der Waals surface area contributed by atoms with Crippen molar-refractivity contribution in [3.8, 4) is 0 Å². The third-order valence-corrected chi connectivity index (χ3v) is 5.50. The van der Waals surface area contributed by atoms with Gasteiger partial charge in [-0.05, 0) is 36.8 Å². The predicted octanol–water partition coefficient (Wildman–Crippen LogP) is 4.66. The fraction of sp³-hybridized carbons (Fsp3) is 0.167. The molecule has 1 aliphatic heterocycles. The first-order valence-electron chi connectivity index (χ1n) is 9.37. The zero-order valence-electron chi connectivity index (χ0n) is 15.9. The van der Waals surface area contributed by atoms with Crippen molar-refractivity contribution in [1.29, 1.82) is 0 Å². The van der Waals surface area contributed by atoms with Crippen LogP contribution < -0.4 is 4.90 Å². The molecule has 0 aromatic heterocycles. The Kier molecular flexibility index (Phi) is 4.99. The fourth-order valence-electron chi connectivity index (χ4n) is 3.76. The van der Waals surface area contributed by atoms with Crippen molar-refractivity contribution in [3.05, 3.63) is 100 Å². The maximum absolute atomic E-state index is 13.3. The Morgan fingerprint density at radius 1 is 1.03 bits per heavy atom. The molecule has 1 heterocycles. The highest BCUT2D eigenvalue weighted by atomic mass is 35.5. The summed E-state index contributed by atoms with van der Waals surface area (Å²) in [5.41, 5.74) is 1.51. The number of para-hydroxylation sites is 1. The molecule has 1 atom stereocenters. The van der Waals surface area contributed by atoms with E-state index >= 15 is 0 Å². The summed E-state index contributed by atoms with van der Waals surface area (Å²) in [6.07, 6.45) is -0.302. The van der Waals surface area contributed by atoms with Gasteiger partial charge in [0.15, 0.2) is 11.4 Å². The first-order valence-corrected chi connectivity index (χ1v) is 9.74. The standard InChI is InChI=1S/C24H20ClNO3/c1-16-5-4-6-18(13-16)22(27)14-24(29)20-7-2-3-8-21(20)26(23(24)28)15-17-9-11-19(25)12-10-17/h2-13,29H,14-15H2,1H3. The van der Waals surface area contributed by atoms with Gasteiger partial charge in [-0.1, -0.05) is 65.7 Å². The largest absolute Gasteiger partial charge is 0.375 e. The quantitative estimate of drug-likeness (QED) is 0.628. The van der Waals surface area contributed by atoms with Crippen LogP contribution in [0.15, 0.2) is 72.8 Å². The molecule has 0 spiro atoms. The number of benzene rings is 3. The van der Waals surface area contributed by atoms with E-state index in [1.54, 1.807) is 48.5 Å². The SMILES string of the molecule is Cc1cccc(C(=O)CC2(O)C(=O)N(Cc3ccc(Cl)cc3)c3ccccc32)c1. The lowest BCUT2D eigenvalue weighted by Gasteiger charge is -2.23. The number of hydrogen-bond acceptors (Lipinski definition) is 3. The maximum Gasteiger partial charge on any atom is 0.264 e. The average Bonchev–Trinajstić information content (AvgIpc) is 2.92. The maximum atomic E-state index is 13.3. The van der Waals surface area contributed by atoms with E-state index in [4.69, 9.17) is 11.6 Å². The van der Waals surface area contributed by atoms with Crippen LogP contribution in [0.5, 0.6) is 0 Å². The molecule has 0 saturated carbocycles. The van der Waals surface area contributed by atoms with Crippen LogP contribution in [0.2, 0.25) is 5.02 Å². The molecule has 0 saturated heterocycles.